The van der Waals surface area contributed by atoms with Gasteiger partial charge in [-0.25, -0.2) is 5.43 Å². The summed E-state index contributed by atoms with van der Waals surface area (Å²) in [6.07, 6.45) is 3.39. The zero-order valence-electron chi connectivity index (χ0n) is 14.7. The molecule has 0 saturated heterocycles. The normalized spacial score (nSPS) is 11.2. The van der Waals surface area contributed by atoms with E-state index in [9.17, 15) is 9.59 Å². The molecule has 2 aromatic rings. The minimum atomic E-state index is -0.845. The first kappa shape index (κ1) is 18.9. The Morgan fingerprint density at radius 1 is 1.04 bits per heavy atom. The van der Waals surface area contributed by atoms with Crippen molar-refractivity contribution in [3.05, 3.63) is 65.7 Å². The molecular formula is C20H21N3O3. The maximum atomic E-state index is 11.8. The maximum Gasteiger partial charge on any atom is 0.329 e. The molecule has 6 heteroatoms. The van der Waals surface area contributed by atoms with Crippen LogP contribution < -0.4 is 15.5 Å². The topological polar surface area (TPSA) is 79.8 Å². The first-order valence-electron chi connectivity index (χ1n) is 8.19. The molecule has 6 nitrogen and oxygen atoms in total. The summed E-state index contributed by atoms with van der Waals surface area (Å²) in [6.45, 7) is 4.30. The molecule has 2 N–H and O–H groups in total. The summed E-state index contributed by atoms with van der Waals surface area (Å²) < 4.78 is 5.31. The first-order valence-corrected chi connectivity index (χ1v) is 8.19. The molecule has 26 heavy (non-hydrogen) atoms. The van der Waals surface area contributed by atoms with Crippen molar-refractivity contribution in [3.8, 4) is 5.75 Å². The van der Waals surface area contributed by atoms with E-state index in [1.807, 2.05) is 50.3 Å². The highest BCUT2D eigenvalue weighted by Gasteiger charge is 2.12. The van der Waals surface area contributed by atoms with Crippen LogP contribution in [0.1, 0.15) is 19.4 Å². The molecule has 0 saturated carbocycles. The van der Waals surface area contributed by atoms with Crippen molar-refractivity contribution >= 4 is 29.8 Å². The number of carbonyl (C=O) groups excluding carboxylic acids is 2. The highest BCUT2D eigenvalue weighted by atomic mass is 16.5. The number of nitrogens with one attached hydrogen (secondary N) is 2. The molecule has 134 valence electrons. The molecule has 0 aliphatic heterocycles. The number of allylic oxidation sites excluding steroid dienone is 1. The van der Waals surface area contributed by atoms with Gasteiger partial charge in [0, 0.05) is 5.69 Å². The van der Waals surface area contributed by atoms with Gasteiger partial charge in [-0.3, -0.25) is 9.59 Å². The number of amides is 2. The summed E-state index contributed by atoms with van der Waals surface area (Å²) in [4.78, 5) is 23.6. The van der Waals surface area contributed by atoms with Gasteiger partial charge in [0.15, 0.2) is 0 Å². The predicted octanol–water partition coefficient (Wildman–Crippen LogP) is 3.23. The third-order valence-corrected chi connectivity index (χ3v) is 3.26. The van der Waals surface area contributed by atoms with Crippen LogP contribution in [0, 0.1) is 0 Å². The van der Waals surface area contributed by atoms with Crippen LogP contribution in [-0.4, -0.2) is 24.6 Å². The number of hydrazone groups is 1. The van der Waals surface area contributed by atoms with Gasteiger partial charge in [-0.05, 0) is 49.2 Å². The molecule has 0 radical (unpaired) electrons. The summed E-state index contributed by atoms with van der Waals surface area (Å²) in [6, 6.07) is 16.5. The number of hydrogen-bond donors (Lipinski definition) is 2. The molecule has 0 bridgehead atoms. The molecule has 0 aromatic heterocycles. The van der Waals surface area contributed by atoms with Crippen molar-refractivity contribution < 1.29 is 14.3 Å². The van der Waals surface area contributed by atoms with E-state index in [1.165, 1.54) is 6.21 Å². The van der Waals surface area contributed by atoms with E-state index in [2.05, 4.69) is 15.8 Å². The fourth-order valence-electron chi connectivity index (χ4n) is 2.08. The summed E-state index contributed by atoms with van der Waals surface area (Å²) in [7, 11) is 0. The molecule has 2 rings (SSSR count). The molecular weight excluding hydrogens is 330 g/mol. The lowest BCUT2D eigenvalue weighted by Crippen LogP contribution is -2.32. The lowest BCUT2D eigenvalue weighted by Gasteiger charge is -2.06. The van der Waals surface area contributed by atoms with Crippen LogP contribution in [0.25, 0.3) is 6.08 Å². The molecule has 0 aliphatic carbocycles. The van der Waals surface area contributed by atoms with Crippen molar-refractivity contribution in [2.75, 3.05) is 11.9 Å². The lowest BCUT2D eigenvalue weighted by atomic mass is 10.1. The molecule has 0 spiro atoms. The highest BCUT2D eigenvalue weighted by molar-refractivity contribution is 6.39. The van der Waals surface area contributed by atoms with E-state index < -0.39 is 11.8 Å². The zero-order chi connectivity index (χ0) is 18.8. The quantitative estimate of drug-likeness (QED) is 0.476. The molecule has 0 fully saturated rings. The molecule has 0 heterocycles. The van der Waals surface area contributed by atoms with E-state index in [-0.39, 0.29) is 0 Å². The van der Waals surface area contributed by atoms with Crippen LogP contribution in [-0.2, 0) is 9.59 Å². The summed E-state index contributed by atoms with van der Waals surface area (Å²) in [5.41, 5.74) is 4.56. The second-order valence-corrected chi connectivity index (χ2v) is 5.41. The number of benzene rings is 2. The van der Waals surface area contributed by atoms with Crippen LogP contribution in [0.5, 0.6) is 5.75 Å². The first-order chi connectivity index (χ1) is 12.6. The van der Waals surface area contributed by atoms with Crippen LogP contribution >= 0.6 is 0 Å². The van der Waals surface area contributed by atoms with Crippen LogP contribution in [0.4, 0.5) is 5.69 Å². The summed E-state index contributed by atoms with van der Waals surface area (Å²) >= 11 is 0. The minimum absolute atomic E-state index is 0.498. The van der Waals surface area contributed by atoms with Crippen LogP contribution in [0.3, 0.4) is 0 Å². The number of rotatable bonds is 6. The molecule has 0 unspecified atom stereocenters. The third-order valence-electron chi connectivity index (χ3n) is 3.26. The summed E-state index contributed by atoms with van der Waals surface area (Å²) in [5, 5.41) is 6.29. The fraction of sp³-hybridized carbons (Fsp3) is 0.150. The van der Waals surface area contributed by atoms with Gasteiger partial charge >= 0.3 is 11.8 Å². The van der Waals surface area contributed by atoms with Crippen molar-refractivity contribution in [1.29, 1.82) is 0 Å². The second-order valence-electron chi connectivity index (χ2n) is 5.41. The average molecular weight is 351 g/mol. The molecule has 2 aromatic carbocycles. The number of carbonyl (C=O) groups is 2. The van der Waals surface area contributed by atoms with E-state index in [1.54, 1.807) is 24.3 Å². The molecule has 2 amide bonds. The lowest BCUT2D eigenvalue weighted by molar-refractivity contribution is -0.136. The van der Waals surface area contributed by atoms with Crippen molar-refractivity contribution in [3.63, 3.8) is 0 Å². The van der Waals surface area contributed by atoms with E-state index in [0.29, 0.717) is 18.0 Å². The number of nitrogens with zero attached hydrogens (tertiary/aromatic N) is 1. The average Bonchev–Trinajstić information content (AvgIpc) is 2.64. The zero-order valence-corrected chi connectivity index (χ0v) is 14.7. The van der Waals surface area contributed by atoms with Gasteiger partial charge in [-0.1, -0.05) is 36.4 Å². The summed E-state index contributed by atoms with van der Waals surface area (Å²) in [5.74, 6) is -0.945. The highest BCUT2D eigenvalue weighted by Crippen LogP contribution is 2.15. The van der Waals surface area contributed by atoms with Gasteiger partial charge in [0.2, 0.25) is 0 Å². The number of hydrogen-bond acceptors (Lipinski definition) is 4. The number of anilines is 1. The van der Waals surface area contributed by atoms with Crippen molar-refractivity contribution in [2.45, 2.75) is 13.8 Å². The largest absolute Gasteiger partial charge is 0.494 e. The van der Waals surface area contributed by atoms with Crippen molar-refractivity contribution in [1.82, 2.24) is 5.43 Å². The SMILES string of the molecule is CCOc1ccc(NC(=O)C(=O)N/N=C/C(C)=C\c2ccccc2)cc1. The Balaban J connectivity index is 1.84. The Bertz CT molecular complexity index is 797. The van der Waals surface area contributed by atoms with Gasteiger partial charge in [-0.15, -0.1) is 0 Å². The second kappa shape index (κ2) is 9.78. The molecule has 0 aliphatic rings. The Hall–Kier alpha value is -3.41. The van der Waals surface area contributed by atoms with Crippen LogP contribution in [0.15, 0.2) is 65.3 Å². The maximum absolute atomic E-state index is 11.8. The van der Waals surface area contributed by atoms with Crippen LogP contribution in [0.2, 0.25) is 0 Å². The van der Waals surface area contributed by atoms with E-state index in [0.717, 1.165) is 11.1 Å². The standard InChI is InChI=1S/C20H21N3O3/c1-3-26-18-11-9-17(10-12-18)22-19(24)20(25)23-21-14-15(2)13-16-7-5-4-6-8-16/h4-14H,3H2,1-2H3,(H,22,24)(H,23,25)/b15-13-,21-14+. The molecule has 0 atom stereocenters. The van der Waals surface area contributed by atoms with Gasteiger partial charge in [-0.2, -0.15) is 5.10 Å². The Morgan fingerprint density at radius 2 is 1.73 bits per heavy atom. The van der Waals surface area contributed by atoms with Gasteiger partial charge in [0.05, 0.1) is 12.8 Å². The smallest absolute Gasteiger partial charge is 0.329 e. The van der Waals surface area contributed by atoms with Crippen molar-refractivity contribution in [2.24, 2.45) is 5.10 Å². The minimum Gasteiger partial charge on any atom is -0.494 e. The van der Waals surface area contributed by atoms with E-state index >= 15 is 0 Å². The Morgan fingerprint density at radius 3 is 2.38 bits per heavy atom. The third kappa shape index (κ3) is 6.24. The fourth-order valence-corrected chi connectivity index (χ4v) is 2.08. The Labute approximate surface area is 152 Å². The van der Waals surface area contributed by atoms with Gasteiger partial charge < -0.3 is 10.1 Å². The monoisotopic (exact) mass is 351 g/mol. The number of ether oxygens (including phenoxy) is 1. The predicted molar refractivity (Wildman–Crippen MR) is 103 cm³/mol. The van der Waals surface area contributed by atoms with Gasteiger partial charge in [0.1, 0.15) is 5.75 Å². The van der Waals surface area contributed by atoms with Gasteiger partial charge in [0.25, 0.3) is 0 Å². The Kier molecular flexibility index (Phi) is 7.12. The van der Waals surface area contributed by atoms with E-state index in [4.69, 9.17) is 4.74 Å².